The van der Waals surface area contributed by atoms with Gasteiger partial charge in [0.25, 0.3) is 0 Å². The number of carbonyl (C=O) groups is 1. The molecule has 112 valence electrons. The molecule has 2 rings (SSSR count). The molecule has 0 aromatic carbocycles. The van der Waals surface area contributed by atoms with Crippen LogP contribution < -0.4 is 0 Å². The Hall–Kier alpha value is -1.88. The van der Waals surface area contributed by atoms with Gasteiger partial charge in [-0.15, -0.1) is 0 Å². The second-order valence-corrected chi connectivity index (χ2v) is 5.72. The molecule has 2 aromatic heterocycles. The average molecular weight is 303 g/mol. The molecule has 2 heterocycles. The minimum Gasteiger partial charge on any atom is -0.333 e. The number of aromatic nitrogens is 2. The summed E-state index contributed by atoms with van der Waals surface area (Å²) >= 11 is 1.68. The van der Waals surface area contributed by atoms with E-state index in [-0.39, 0.29) is 5.91 Å². The van der Waals surface area contributed by atoms with Crippen LogP contribution in [0.3, 0.4) is 0 Å². The van der Waals surface area contributed by atoms with Gasteiger partial charge < -0.3 is 4.90 Å². The first-order valence-corrected chi connectivity index (χ1v) is 8.04. The van der Waals surface area contributed by atoms with Crippen molar-refractivity contribution in [3.05, 3.63) is 52.5 Å². The predicted molar refractivity (Wildman–Crippen MR) is 86.3 cm³/mol. The highest BCUT2D eigenvalue weighted by molar-refractivity contribution is 7.07. The molecule has 0 unspecified atom stereocenters. The van der Waals surface area contributed by atoms with Gasteiger partial charge in [-0.1, -0.05) is 6.58 Å². The monoisotopic (exact) mass is 303 g/mol. The molecule has 0 spiro atoms. The predicted octanol–water partition coefficient (Wildman–Crippen LogP) is 3.03. The van der Waals surface area contributed by atoms with Gasteiger partial charge in [0.2, 0.25) is 5.91 Å². The highest BCUT2D eigenvalue weighted by Crippen LogP contribution is 2.11. The van der Waals surface area contributed by atoms with E-state index in [1.54, 1.807) is 11.3 Å². The molecule has 0 radical (unpaired) electrons. The van der Waals surface area contributed by atoms with Gasteiger partial charge in [0.1, 0.15) is 0 Å². The summed E-state index contributed by atoms with van der Waals surface area (Å²) in [5.41, 5.74) is 3.31. The van der Waals surface area contributed by atoms with Crippen LogP contribution in [0.1, 0.15) is 23.9 Å². The Bertz CT molecular complexity index is 601. The maximum atomic E-state index is 12.1. The van der Waals surface area contributed by atoms with Crippen molar-refractivity contribution in [3.63, 3.8) is 0 Å². The van der Waals surface area contributed by atoms with E-state index in [4.69, 9.17) is 0 Å². The van der Waals surface area contributed by atoms with Crippen molar-refractivity contribution in [1.29, 1.82) is 0 Å². The van der Waals surface area contributed by atoms with E-state index in [1.165, 1.54) is 11.6 Å². The molecule has 2 aromatic rings. The van der Waals surface area contributed by atoms with Gasteiger partial charge in [-0.05, 0) is 54.8 Å². The number of aryl methyl sites for hydroxylation is 2. The third kappa shape index (κ3) is 4.04. The number of hydrogen-bond acceptors (Lipinski definition) is 3. The van der Waals surface area contributed by atoms with Crippen LogP contribution in [0.4, 0.5) is 0 Å². The van der Waals surface area contributed by atoms with Crippen molar-refractivity contribution in [2.24, 2.45) is 0 Å². The summed E-state index contributed by atoms with van der Waals surface area (Å²) in [6.07, 6.45) is 2.25. The van der Waals surface area contributed by atoms with E-state index in [0.717, 1.165) is 24.4 Å². The molecule has 1 amide bonds. The molecule has 0 aliphatic heterocycles. The van der Waals surface area contributed by atoms with E-state index >= 15 is 0 Å². The molecule has 0 aliphatic carbocycles. The van der Waals surface area contributed by atoms with Crippen LogP contribution in [0, 0.1) is 6.92 Å². The van der Waals surface area contributed by atoms with Crippen LogP contribution in [0.5, 0.6) is 0 Å². The number of hydrogen-bond donors (Lipinski definition) is 0. The summed E-state index contributed by atoms with van der Waals surface area (Å²) in [6.45, 7) is 9.71. The number of thiophene rings is 1. The molecule has 0 aliphatic rings. The molecule has 0 fully saturated rings. The Morgan fingerprint density at radius 2 is 2.38 bits per heavy atom. The summed E-state index contributed by atoms with van der Waals surface area (Å²) in [5, 5.41) is 8.61. The Balaban J connectivity index is 2.08. The molecule has 0 saturated heterocycles. The zero-order valence-corrected chi connectivity index (χ0v) is 13.4. The number of carbonyl (C=O) groups excluding carboxylic acids is 1. The topological polar surface area (TPSA) is 38.1 Å². The van der Waals surface area contributed by atoms with Crippen molar-refractivity contribution >= 4 is 17.2 Å². The fourth-order valence-corrected chi connectivity index (χ4v) is 2.99. The van der Waals surface area contributed by atoms with E-state index in [0.29, 0.717) is 13.1 Å². The minimum absolute atomic E-state index is 0.0354. The maximum absolute atomic E-state index is 12.1. The summed E-state index contributed by atoms with van der Waals surface area (Å²) < 4.78 is 1.95. The summed E-state index contributed by atoms with van der Waals surface area (Å²) in [5.74, 6) is -0.0354. The van der Waals surface area contributed by atoms with E-state index in [1.807, 2.05) is 22.6 Å². The van der Waals surface area contributed by atoms with Crippen LogP contribution in [-0.4, -0.2) is 27.1 Å². The van der Waals surface area contributed by atoms with E-state index in [2.05, 4.69) is 35.4 Å². The average Bonchev–Trinajstić information content (AvgIpc) is 3.11. The zero-order chi connectivity index (χ0) is 15.2. The van der Waals surface area contributed by atoms with Gasteiger partial charge in [-0.3, -0.25) is 9.48 Å². The number of amides is 1. The largest absolute Gasteiger partial charge is 0.333 e. The van der Waals surface area contributed by atoms with Gasteiger partial charge in [0.05, 0.1) is 17.9 Å². The fourth-order valence-electron chi connectivity index (χ4n) is 2.29. The van der Waals surface area contributed by atoms with Crippen LogP contribution in [0.2, 0.25) is 0 Å². The maximum Gasteiger partial charge on any atom is 0.246 e. The van der Waals surface area contributed by atoms with Crippen LogP contribution in [0.25, 0.3) is 0 Å². The highest BCUT2D eigenvalue weighted by Gasteiger charge is 2.14. The molecule has 0 bridgehead atoms. The van der Waals surface area contributed by atoms with Crippen LogP contribution in [-0.2, 0) is 24.3 Å². The number of rotatable bonds is 7. The van der Waals surface area contributed by atoms with Gasteiger partial charge in [0.15, 0.2) is 0 Å². The second-order valence-electron chi connectivity index (χ2n) is 4.94. The highest BCUT2D eigenvalue weighted by atomic mass is 32.1. The minimum atomic E-state index is -0.0354. The standard InChI is InChI=1S/C16H21N3OS/c1-4-16(20)18(8-6-14-7-9-21-12-14)11-15-10-13(3)17-19(15)5-2/h4,7,9-10,12H,1,5-6,8,11H2,2-3H3. The first-order chi connectivity index (χ1) is 10.1. The Kier molecular flexibility index (Phi) is 5.33. The van der Waals surface area contributed by atoms with Crippen molar-refractivity contribution in [3.8, 4) is 0 Å². The zero-order valence-electron chi connectivity index (χ0n) is 12.6. The lowest BCUT2D eigenvalue weighted by molar-refractivity contribution is -0.126. The fraction of sp³-hybridized carbons (Fsp3) is 0.375. The normalized spacial score (nSPS) is 10.6. The van der Waals surface area contributed by atoms with Crippen molar-refractivity contribution < 1.29 is 4.79 Å². The van der Waals surface area contributed by atoms with Crippen LogP contribution in [0.15, 0.2) is 35.5 Å². The summed E-state index contributed by atoms with van der Waals surface area (Å²) in [4.78, 5) is 13.9. The van der Waals surface area contributed by atoms with Crippen molar-refractivity contribution in [1.82, 2.24) is 14.7 Å². The molecular weight excluding hydrogens is 282 g/mol. The Morgan fingerprint density at radius 1 is 1.57 bits per heavy atom. The first-order valence-electron chi connectivity index (χ1n) is 7.09. The summed E-state index contributed by atoms with van der Waals surface area (Å²) in [6, 6.07) is 4.14. The lowest BCUT2D eigenvalue weighted by Gasteiger charge is -2.21. The summed E-state index contributed by atoms with van der Waals surface area (Å²) in [7, 11) is 0. The molecule has 21 heavy (non-hydrogen) atoms. The quantitative estimate of drug-likeness (QED) is 0.737. The molecule has 0 N–H and O–H groups in total. The van der Waals surface area contributed by atoms with Gasteiger partial charge >= 0.3 is 0 Å². The second kappa shape index (κ2) is 7.22. The SMILES string of the molecule is C=CC(=O)N(CCc1ccsc1)Cc1cc(C)nn1CC. The van der Waals surface area contributed by atoms with Gasteiger partial charge in [-0.25, -0.2) is 0 Å². The lowest BCUT2D eigenvalue weighted by Crippen LogP contribution is -2.31. The molecule has 0 atom stereocenters. The van der Waals surface area contributed by atoms with E-state index in [9.17, 15) is 4.79 Å². The van der Waals surface area contributed by atoms with E-state index < -0.39 is 0 Å². The molecule has 4 nitrogen and oxygen atoms in total. The molecular formula is C16H21N3OS. The third-order valence-corrected chi connectivity index (χ3v) is 4.11. The van der Waals surface area contributed by atoms with Gasteiger partial charge in [-0.2, -0.15) is 16.4 Å². The Morgan fingerprint density at radius 3 is 3.00 bits per heavy atom. The van der Waals surface area contributed by atoms with Gasteiger partial charge in [0, 0.05) is 13.1 Å². The molecule has 0 saturated carbocycles. The molecule has 5 heteroatoms. The van der Waals surface area contributed by atoms with Crippen molar-refractivity contribution in [2.45, 2.75) is 33.4 Å². The third-order valence-electron chi connectivity index (χ3n) is 3.37. The van der Waals surface area contributed by atoms with Crippen LogP contribution >= 0.6 is 11.3 Å². The first kappa shape index (κ1) is 15.5. The van der Waals surface area contributed by atoms with Crippen molar-refractivity contribution in [2.75, 3.05) is 6.54 Å². The lowest BCUT2D eigenvalue weighted by atomic mass is 10.2. The number of nitrogens with zero attached hydrogens (tertiary/aromatic N) is 3. The Labute approximate surface area is 129 Å². The smallest absolute Gasteiger partial charge is 0.246 e.